The van der Waals surface area contributed by atoms with Gasteiger partial charge in [0.2, 0.25) is 0 Å². The molecule has 0 atom stereocenters. The van der Waals surface area contributed by atoms with Crippen LogP contribution >= 0.6 is 0 Å². The molecule has 0 spiro atoms. The van der Waals surface area contributed by atoms with E-state index < -0.39 is 5.97 Å². The molecule has 1 N–H and O–H groups in total. The van der Waals surface area contributed by atoms with Gasteiger partial charge in [0, 0.05) is 19.2 Å². The summed E-state index contributed by atoms with van der Waals surface area (Å²) in [5.41, 5.74) is 0.384. The van der Waals surface area contributed by atoms with Crippen molar-refractivity contribution in [2.75, 3.05) is 19.6 Å². The van der Waals surface area contributed by atoms with Crippen LogP contribution in [-0.4, -0.2) is 35.6 Å². The third-order valence-corrected chi connectivity index (χ3v) is 2.60. The first-order chi connectivity index (χ1) is 6.49. The van der Waals surface area contributed by atoms with Crippen LogP contribution in [0, 0.1) is 5.41 Å². The Hall–Kier alpha value is -0.830. The van der Waals surface area contributed by atoms with Gasteiger partial charge in [-0.3, -0.25) is 4.90 Å². The third-order valence-electron chi connectivity index (χ3n) is 2.60. The summed E-state index contributed by atoms with van der Waals surface area (Å²) >= 11 is 0. The van der Waals surface area contributed by atoms with Crippen molar-refractivity contribution < 1.29 is 9.90 Å². The van der Waals surface area contributed by atoms with Crippen LogP contribution in [0.3, 0.4) is 0 Å². The highest BCUT2D eigenvalue weighted by atomic mass is 16.4. The number of rotatable bonds is 3. The van der Waals surface area contributed by atoms with Gasteiger partial charge in [-0.15, -0.1) is 0 Å². The molecule has 0 bridgehead atoms. The number of carboxylic acids is 1. The molecule has 0 amide bonds. The zero-order valence-electron chi connectivity index (χ0n) is 8.99. The number of nitrogens with zero attached hydrogens (tertiary/aromatic N) is 1. The molecule has 0 radical (unpaired) electrons. The minimum atomic E-state index is -0.860. The zero-order chi connectivity index (χ0) is 10.6. The second-order valence-electron chi connectivity index (χ2n) is 4.74. The molecule has 1 rings (SSSR count). The van der Waals surface area contributed by atoms with Gasteiger partial charge < -0.3 is 5.11 Å². The van der Waals surface area contributed by atoms with Crippen LogP contribution in [0.25, 0.3) is 0 Å². The largest absolute Gasteiger partial charge is 0.478 e. The van der Waals surface area contributed by atoms with Crippen molar-refractivity contribution in [3.05, 3.63) is 12.2 Å². The summed E-state index contributed by atoms with van der Waals surface area (Å²) in [5, 5.41) is 8.44. The minimum Gasteiger partial charge on any atom is -0.478 e. The van der Waals surface area contributed by atoms with E-state index in [1.807, 2.05) is 0 Å². The van der Waals surface area contributed by atoms with E-state index in [-0.39, 0.29) is 0 Å². The number of hydrogen-bond donors (Lipinski definition) is 1. The van der Waals surface area contributed by atoms with Gasteiger partial charge in [0.1, 0.15) is 0 Å². The molecular weight excluding hydrogens is 178 g/mol. The van der Waals surface area contributed by atoms with Crippen molar-refractivity contribution >= 4 is 5.97 Å². The first kappa shape index (κ1) is 11.2. The predicted octanol–water partition coefficient (Wildman–Crippen LogP) is 1.75. The number of likely N-dealkylation sites (tertiary alicyclic amines) is 1. The van der Waals surface area contributed by atoms with Crippen LogP contribution in [0.5, 0.6) is 0 Å². The maximum Gasteiger partial charge on any atom is 0.328 e. The molecule has 80 valence electrons. The summed E-state index contributed by atoms with van der Waals surface area (Å²) in [6, 6.07) is 0. The lowest BCUT2D eigenvalue weighted by Gasteiger charge is -2.37. The van der Waals surface area contributed by atoms with Gasteiger partial charge in [-0.25, -0.2) is 4.79 Å². The number of carboxylic acid groups (broad SMARTS) is 1. The summed E-state index contributed by atoms with van der Waals surface area (Å²) in [6.07, 6.45) is 5.44. The molecule has 1 aliphatic rings. The average molecular weight is 197 g/mol. The number of aliphatic carboxylic acids is 1. The predicted molar refractivity (Wildman–Crippen MR) is 56.2 cm³/mol. The van der Waals surface area contributed by atoms with Gasteiger partial charge in [0.05, 0.1) is 0 Å². The summed E-state index contributed by atoms with van der Waals surface area (Å²) in [5.74, 6) is -0.860. The Morgan fingerprint density at radius 2 is 2.29 bits per heavy atom. The summed E-state index contributed by atoms with van der Waals surface area (Å²) in [7, 11) is 0. The quantitative estimate of drug-likeness (QED) is 0.701. The lowest BCUT2D eigenvalue weighted by atomic mass is 9.84. The normalized spacial score (nSPS) is 22.7. The molecule has 3 heteroatoms. The van der Waals surface area contributed by atoms with Crippen LogP contribution in [0.1, 0.15) is 26.7 Å². The maximum absolute atomic E-state index is 10.3. The van der Waals surface area contributed by atoms with E-state index in [1.165, 1.54) is 18.9 Å². The van der Waals surface area contributed by atoms with Crippen molar-refractivity contribution in [3.8, 4) is 0 Å². The summed E-state index contributed by atoms with van der Waals surface area (Å²) in [4.78, 5) is 12.6. The van der Waals surface area contributed by atoms with E-state index in [0.29, 0.717) is 5.41 Å². The third kappa shape index (κ3) is 3.92. The molecule has 0 aromatic rings. The van der Waals surface area contributed by atoms with E-state index in [9.17, 15) is 4.79 Å². The van der Waals surface area contributed by atoms with Gasteiger partial charge in [0.25, 0.3) is 0 Å². The fourth-order valence-electron chi connectivity index (χ4n) is 2.00. The Labute approximate surface area is 85.4 Å². The van der Waals surface area contributed by atoms with Crippen LogP contribution in [0.4, 0.5) is 0 Å². The Morgan fingerprint density at radius 1 is 1.57 bits per heavy atom. The molecule has 1 heterocycles. The van der Waals surface area contributed by atoms with Crippen LogP contribution in [-0.2, 0) is 4.79 Å². The molecule has 0 aliphatic carbocycles. The first-order valence-corrected chi connectivity index (χ1v) is 5.11. The van der Waals surface area contributed by atoms with E-state index in [2.05, 4.69) is 18.7 Å². The van der Waals surface area contributed by atoms with Crippen LogP contribution < -0.4 is 0 Å². The fraction of sp³-hybridized carbons (Fsp3) is 0.727. The van der Waals surface area contributed by atoms with Crippen LogP contribution in [0.2, 0.25) is 0 Å². The van der Waals surface area contributed by atoms with E-state index >= 15 is 0 Å². The molecule has 3 nitrogen and oxygen atoms in total. The van der Waals surface area contributed by atoms with Gasteiger partial charge in [-0.1, -0.05) is 19.9 Å². The van der Waals surface area contributed by atoms with Crippen molar-refractivity contribution in [1.29, 1.82) is 0 Å². The number of carbonyl (C=O) groups is 1. The molecule has 1 aliphatic heterocycles. The standard InChI is InChI=1S/C11H19NO2/c1-11(2)6-4-8-12(9-11)7-3-5-10(13)14/h3,5H,4,6-9H2,1-2H3,(H,13,14). The number of piperidine rings is 1. The molecule has 0 saturated carbocycles. The molecule has 0 aromatic heterocycles. The highest BCUT2D eigenvalue weighted by molar-refractivity contribution is 5.79. The SMILES string of the molecule is CC1(C)CCCN(CC=CC(=O)O)C1. The molecule has 0 unspecified atom stereocenters. The van der Waals surface area contributed by atoms with E-state index in [4.69, 9.17) is 5.11 Å². The summed E-state index contributed by atoms with van der Waals surface area (Å²) in [6.45, 7) is 7.44. The topological polar surface area (TPSA) is 40.5 Å². The minimum absolute atomic E-state index is 0.384. The smallest absolute Gasteiger partial charge is 0.328 e. The fourth-order valence-corrected chi connectivity index (χ4v) is 2.00. The highest BCUT2D eigenvalue weighted by Crippen LogP contribution is 2.27. The lowest BCUT2D eigenvalue weighted by Crippen LogP contribution is -2.40. The Morgan fingerprint density at radius 3 is 2.86 bits per heavy atom. The first-order valence-electron chi connectivity index (χ1n) is 5.11. The average Bonchev–Trinajstić information content (AvgIpc) is 2.01. The Balaban J connectivity index is 2.35. The Kier molecular flexibility index (Phi) is 3.69. The maximum atomic E-state index is 10.3. The molecule has 1 saturated heterocycles. The van der Waals surface area contributed by atoms with E-state index in [0.717, 1.165) is 19.6 Å². The Bertz CT molecular complexity index is 233. The molecule has 14 heavy (non-hydrogen) atoms. The summed E-state index contributed by atoms with van der Waals surface area (Å²) < 4.78 is 0. The van der Waals surface area contributed by atoms with Gasteiger partial charge in [-0.2, -0.15) is 0 Å². The van der Waals surface area contributed by atoms with E-state index in [1.54, 1.807) is 6.08 Å². The second kappa shape index (κ2) is 4.60. The molecule has 0 aromatic carbocycles. The monoisotopic (exact) mass is 197 g/mol. The van der Waals surface area contributed by atoms with Crippen LogP contribution in [0.15, 0.2) is 12.2 Å². The molecule has 1 fully saturated rings. The number of hydrogen-bond acceptors (Lipinski definition) is 2. The van der Waals surface area contributed by atoms with Gasteiger partial charge >= 0.3 is 5.97 Å². The van der Waals surface area contributed by atoms with Crippen molar-refractivity contribution in [2.24, 2.45) is 5.41 Å². The lowest BCUT2D eigenvalue weighted by molar-refractivity contribution is -0.131. The highest BCUT2D eigenvalue weighted by Gasteiger charge is 2.25. The zero-order valence-corrected chi connectivity index (χ0v) is 8.99. The van der Waals surface area contributed by atoms with Gasteiger partial charge in [-0.05, 0) is 24.8 Å². The van der Waals surface area contributed by atoms with Gasteiger partial charge in [0.15, 0.2) is 0 Å². The molecular formula is C11H19NO2. The van der Waals surface area contributed by atoms with Crippen molar-refractivity contribution in [1.82, 2.24) is 4.90 Å². The van der Waals surface area contributed by atoms with Crippen molar-refractivity contribution in [2.45, 2.75) is 26.7 Å². The van der Waals surface area contributed by atoms with Crippen molar-refractivity contribution in [3.63, 3.8) is 0 Å². The second-order valence-corrected chi connectivity index (χ2v) is 4.74.